The number of methoxy groups -OCH3 is 1. The van der Waals surface area contributed by atoms with Crippen LogP contribution in [-0.2, 0) is 6.54 Å². The molecule has 0 bridgehead atoms. The highest BCUT2D eigenvalue weighted by atomic mass is 19.1. The van der Waals surface area contributed by atoms with Crippen molar-refractivity contribution in [1.29, 1.82) is 0 Å². The Kier molecular flexibility index (Phi) is 5.42. The molecule has 0 atom stereocenters. The third kappa shape index (κ3) is 4.09. The Morgan fingerprint density at radius 2 is 2.14 bits per heavy atom. The minimum Gasteiger partial charge on any atom is -0.494 e. The van der Waals surface area contributed by atoms with E-state index in [1.807, 2.05) is 6.07 Å². The highest BCUT2D eigenvalue weighted by Gasteiger charge is 2.18. The van der Waals surface area contributed by atoms with Crippen LogP contribution in [-0.4, -0.2) is 38.1 Å². The van der Waals surface area contributed by atoms with Crippen LogP contribution in [0.5, 0.6) is 5.75 Å². The predicted octanol–water partition coefficient (Wildman–Crippen LogP) is 2.64. The number of nitrogens with zero attached hydrogens (tertiary/aromatic N) is 2. The van der Waals surface area contributed by atoms with Gasteiger partial charge in [-0.2, -0.15) is 0 Å². The number of nitrogens with one attached hydrogen (secondary N) is 1. The Morgan fingerprint density at radius 1 is 1.43 bits per heavy atom. The number of ether oxygens (including phenoxy) is 1. The average Bonchev–Trinajstić information content (AvgIpc) is 2.49. The van der Waals surface area contributed by atoms with Gasteiger partial charge in [-0.3, -0.25) is 4.99 Å². The van der Waals surface area contributed by atoms with Crippen molar-refractivity contribution < 1.29 is 9.13 Å². The van der Waals surface area contributed by atoms with E-state index < -0.39 is 0 Å². The fourth-order valence-corrected chi connectivity index (χ4v) is 2.55. The molecule has 1 aliphatic rings. The summed E-state index contributed by atoms with van der Waals surface area (Å²) in [5.74, 6) is 1.61. The average molecular weight is 293 g/mol. The maximum absolute atomic E-state index is 13.7. The van der Waals surface area contributed by atoms with Gasteiger partial charge in [0.25, 0.3) is 0 Å². The van der Waals surface area contributed by atoms with Crippen molar-refractivity contribution in [1.82, 2.24) is 10.2 Å². The molecule has 0 radical (unpaired) electrons. The maximum Gasteiger partial charge on any atom is 0.193 e. The lowest BCUT2D eigenvalue weighted by Gasteiger charge is -2.32. The Balaban J connectivity index is 1.93. The SMILES string of the molecule is CN=C(NCc1ccc(OC)c(F)c1)N1CCC(C)CC1. The van der Waals surface area contributed by atoms with Crippen LogP contribution in [0, 0.1) is 11.7 Å². The monoisotopic (exact) mass is 293 g/mol. The summed E-state index contributed by atoms with van der Waals surface area (Å²) in [5, 5.41) is 3.30. The summed E-state index contributed by atoms with van der Waals surface area (Å²) in [6, 6.07) is 5.01. The van der Waals surface area contributed by atoms with E-state index in [-0.39, 0.29) is 11.6 Å². The predicted molar refractivity (Wildman–Crippen MR) is 83.1 cm³/mol. The van der Waals surface area contributed by atoms with Crippen LogP contribution in [0.4, 0.5) is 4.39 Å². The molecule has 1 aromatic rings. The summed E-state index contributed by atoms with van der Waals surface area (Å²) in [7, 11) is 3.25. The normalized spacial score (nSPS) is 17.0. The Labute approximate surface area is 126 Å². The molecule has 4 nitrogen and oxygen atoms in total. The number of hydrogen-bond donors (Lipinski definition) is 1. The standard InChI is InChI=1S/C16H24FN3O/c1-12-6-8-20(9-7-12)16(18-2)19-11-13-4-5-15(21-3)14(17)10-13/h4-5,10,12H,6-9,11H2,1-3H3,(H,18,19). The quantitative estimate of drug-likeness (QED) is 0.687. The number of benzene rings is 1. The lowest BCUT2D eigenvalue weighted by molar-refractivity contribution is 0.273. The largest absolute Gasteiger partial charge is 0.494 e. The number of aliphatic imine (C=N–C) groups is 1. The fourth-order valence-electron chi connectivity index (χ4n) is 2.55. The van der Waals surface area contributed by atoms with Gasteiger partial charge in [-0.05, 0) is 36.5 Å². The molecule has 0 spiro atoms. The van der Waals surface area contributed by atoms with Crippen molar-refractivity contribution in [3.8, 4) is 5.75 Å². The van der Waals surface area contributed by atoms with Gasteiger partial charge in [0, 0.05) is 26.7 Å². The molecular weight excluding hydrogens is 269 g/mol. The molecule has 5 heteroatoms. The van der Waals surface area contributed by atoms with Gasteiger partial charge in [-0.1, -0.05) is 13.0 Å². The van der Waals surface area contributed by atoms with Gasteiger partial charge in [-0.15, -0.1) is 0 Å². The van der Waals surface area contributed by atoms with Crippen LogP contribution in [0.3, 0.4) is 0 Å². The molecule has 1 aromatic carbocycles. The number of likely N-dealkylation sites (tertiary alicyclic amines) is 1. The van der Waals surface area contributed by atoms with Crippen LogP contribution < -0.4 is 10.1 Å². The molecule has 0 aliphatic carbocycles. The van der Waals surface area contributed by atoms with Crippen LogP contribution in [0.1, 0.15) is 25.3 Å². The maximum atomic E-state index is 13.7. The van der Waals surface area contributed by atoms with Crippen molar-refractivity contribution in [2.24, 2.45) is 10.9 Å². The van der Waals surface area contributed by atoms with E-state index in [4.69, 9.17) is 4.74 Å². The highest BCUT2D eigenvalue weighted by Crippen LogP contribution is 2.18. The van der Waals surface area contributed by atoms with Crippen LogP contribution in [0.25, 0.3) is 0 Å². The second-order valence-electron chi connectivity index (χ2n) is 5.54. The van der Waals surface area contributed by atoms with E-state index in [2.05, 4.69) is 22.1 Å². The molecule has 0 unspecified atom stereocenters. The fraction of sp³-hybridized carbons (Fsp3) is 0.562. The van der Waals surface area contributed by atoms with Gasteiger partial charge in [0.1, 0.15) is 0 Å². The number of hydrogen-bond acceptors (Lipinski definition) is 2. The first-order valence-electron chi connectivity index (χ1n) is 7.42. The zero-order valence-corrected chi connectivity index (χ0v) is 13.0. The van der Waals surface area contributed by atoms with Gasteiger partial charge >= 0.3 is 0 Å². The molecule has 0 aromatic heterocycles. The molecule has 21 heavy (non-hydrogen) atoms. The molecule has 2 rings (SSSR count). The summed E-state index contributed by atoms with van der Waals surface area (Å²) in [5.41, 5.74) is 0.875. The van der Waals surface area contributed by atoms with Crippen LogP contribution >= 0.6 is 0 Å². The molecule has 1 aliphatic heterocycles. The van der Waals surface area contributed by atoms with Crippen molar-refractivity contribution in [2.45, 2.75) is 26.3 Å². The van der Waals surface area contributed by atoms with Gasteiger partial charge in [0.05, 0.1) is 7.11 Å². The summed E-state index contributed by atoms with van der Waals surface area (Å²) in [4.78, 5) is 6.58. The Morgan fingerprint density at radius 3 is 2.71 bits per heavy atom. The van der Waals surface area contributed by atoms with Crippen LogP contribution in [0.15, 0.2) is 23.2 Å². The van der Waals surface area contributed by atoms with Gasteiger partial charge in [0.15, 0.2) is 17.5 Å². The van der Waals surface area contributed by atoms with Gasteiger partial charge in [-0.25, -0.2) is 4.39 Å². The summed E-state index contributed by atoms with van der Waals surface area (Å²) >= 11 is 0. The second-order valence-corrected chi connectivity index (χ2v) is 5.54. The molecule has 116 valence electrons. The van der Waals surface area contributed by atoms with Crippen molar-refractivity contribution in [3.63, 3.8) is 0 Å². The third-order valence-corrected chi connectivity index (χ3v) is 3.96. The van der Waals surface area contributed by atoms with E-state index in [9.17, 15) is 4.39 Å². The molecule has 1 N–H and O–H groups in total. The summed E-state index contributed by atoms with van der Waals surface area (Å²) < 4.78 is 18.6. The first kappa shape index (κ1) is 15.6. The first-order chi connectivity index (χ1) is 10.1. The van der Waals surface area contributed by atoms with Gasteiger partial charge < -0.3 is 15.0 Å². The van der Waals surface area contributed by atoms with E-state index in [1.165, 1.54) is 26.0 Å². The second kappa shape index (κ2) is 7.29. The van der Waals surface area contributed by atoms with E-state index in [1.54, 1.807) is 13.1 Å². The molecule has 1 heterocycles. The first-order valence-corrected chi connectivity index (χ1v) is 7.42. The molecule has 0 amide bonds. The molecule has 0 saturated carbocycles. The number of piperidine rings is 1. The Hall–Kier alpha value is -1.78. The molecule has 1 saturated heterocycles. The van der Waals surface area contributed by atoms with Crippen molar-refractivity contribution in [2.75, 3.05) is 27.2 Å². The number of rotatable bonds is 3. The summed E-state index contributed by atoms with van der Waals surface area (Å²) in [6.07, 6.45) is 2.38. The van der Waals surface area contributed by atoms with Gasteiger partial charge in [0.2, 0.25) is 0 Å². The minimum atomic E-state index is -0.335. The van der Waals surface area contributed by atoms with E-state index in [0.29, 0.717) is 6.54 Å². The zero-order chi connectivity index (χ0) is 15.2. The topological polar surface area (TPSA) is 36.9 Å². The van der Waals surface area contributed by atoms with Crippen molar-refractivity contribution >= 4 is 5.96 Å². The zero-order valence-electron chi connectivity index (χ0n) is 13.0. The van der Waals surface area contributed by atoms with E-state index in [0.717, 1.165) is 30.5 Å². The third-order valence-electron chi connectivity index (χ3n) is 3.96. The number of guanidine groups is 1. The van der Waals surface area contributed by atoms with Crippen molar-refractivity contribution in [3.05, 3.63) is 29.6 Å². The highest BCUT2D eigenvalue weighted by molar-refractivity contribution is 5.79. The smallest absolute Gasteiger partial charge is 0.193 e. The lowest BCUT2D eigenvalue weighted by Crippen LogP contribution is -2.45. The molecule has 1 fully saturated rings. The van der Waals surface area contributed by atoms with E-state index >= 15 is 0 Å². The molecular formula is C16H24FN3O. The lowest BCUT2D eigenvalue weighted by atomic mass is 9.99. The van der Waals surface area contributed by atoms with Crippen LogP contribution in [0.2, 0.25) is 0 Å². The summed E-state index contributed by atoms with van der Waals surface area (Å²) in [6.45, 7) is 4.89. The Bertz CT molecular complexity index is 496. The minimum absolute atomic E-state index is 0.271. The number of halogens is 1.